The number of nitriles is 1. The van der Waals surface area contributed by atoms with Crippen molar-refractivity contribution in [3.05, 3.63) is 22.2 Å². The summed E-state index contributed by atoms with van der Waals surface area (Å²) in [4.78, 5) is 15.1. The number of hydrogen-bond acceptors (Lipinski definition) is 7. The van der Waals surface area contributed by atoms with Gasteiger partial charge in [0.05, 0.1) is 12.7 Å². The Balaban J connectivity index is 2.36. The highest BCUT2D eigenvalue weighted by atomic mass is 16.5. The number of aromatic nitrogens is 2. The van der Waals surface area contributed by atoms with Crippen LogP contribution in [0.25, 0.3) is 0 Å². The average Bonchev–Trinajstić information content (AvgIpc) is 2.70. The molecule has 1 aromatic heterocycles. The quantitative estimate of drug-likeness (QED) is 0.573. The number of ether oxygens (including phenoxy) is 1. The fraction of sp³-hybridized carbons (Fsp3) is 0.500. The van der Waals surface area contributed by atoms with Crippen LogP contribution in [0.2, 0.25) is 0 Å². The van der Waals surface area contributed by atoms with Gasteiger partial charge in [-0.05, 0) is 0 Å². The van der Waals surface area contributed by atoms with E-state index in [4.69, 9.17) is 20.8 Å². The monoisotopic (exact) mass is 252 g/mol. The number of nitrogen functional groups attached to an aromatic ring is 1. The number of aliphatic hydroxyl groups is 2. The van der Waals surface area contributed by atoms with Gasteiger partial charge in [-0.3, -0.25) is 4.57 Å². The maximum Gasteiger partial charge on any atom is 0.351 e. The summed E-state index contributed by atoms with van der Waals surface area (Å²) in [5, 5.41) is 27.3. The molecule has 0 amide bonds. The first-order valence-corrected chi connectivity index (χ1v) is 5.30. The van der Waals surface area contributed by atoms with Gasteiger partial charge in [0.2, 0.25) is 0 Å². The average molecular weight is 252 g/mol. The Hall–Kier alpha value is -1.95. The van der Waals surface area contributed by atoms with Crippen LogP contribution in [0.15, 0.2) is 11.0 Å². The molecule has 8 nitrogen and oxygen atoms in total. The molecule has 0 aliphatic carbocycles. The smallest absolute Gasteiger partial charge is 0.351 e. The molecule has 2 rings (SSSR count). The molecule has 0 bridgehead atoms. The number of nitrogens with zero attached hydrogens (tertiary/aromatic N) is 3. The molecule has 4 N–H and O–H groups in total. The van der Waals surface area contributed by atoms with Crippen molar-refractivity contribution in [2.24, 2.45) is 0 Å². The maximum atomic E-state index is 11.6. The third kappa shape index (κ3) is 2.06. The molecule has 96 valence electrons. The lowest BCUT2D eigenvalue weighted by Crippen LogP contribution is -2.28. The molecule has 8 heteroatoms. The zero-order valence-corrected chi connectivity index (χ0v) is 9.35. The van der Waals surface area contributed by atoms with E-state index in [1.165, 1.54) is 6.20 Å². The summed E-state index contributed by atoms with van der Waals surface area (Å²) >= 11 is 0. The summed E-state index contributed by atoms with van der Waals surface area (Å²) in [6, 6.07) is 1.81. The van der Waals surface area contributed by atoms with Crippen LogP contribution >= 0.6 is 0 Å². The molecule has 3 atom stereocenters. The van der Waals surface area contributed by atoms with Gasteiger partial charge < -0.3 is 20.7 Å². The summed E-state index contributed by atoms with van der Waals surface area (Å²) in [5.41, 5.74) is 4.79. The summed E-state index contributed by atoms with van der Waals surface area (Å²) in [7, 11) is 0. The summed E-state index contributed by atoms with van der Waals surface area (Å²) in [5.74, 6) is -0.143. The minimum Gasteiger partial charge on any atom is -0.394 e. The van der Waals surface area contributed by atoms with Gasteiger partial charge in [0.15, 0.2) is 0 Å². The van der Waals surface area contributed by atoms with E-state index in [9.17, 15) is 9.90 Å². The molecule has 0 spiro atoms. The van der Waals surface area contributed by atoms with Crippen LogP contribution in [0, 0.1) is 11.3 Å². The molecule has 1 aromatic rings. The van der Waals surface area contributed by atoms with E-state index in [-0.39, 0.29) is 24.4 Å². The van der Waals surface area contributed by atoms with Crippen molar-refractivity contribution >= 4 is 5.82 Å². The first-order chi connectivity index (χ1) is 8.56. The predicted octanol–water partition coefficient (Wildman–Crippen LogP) is -1.66. The number of hydrogen-bond donors (Lipinski definition) is 3. The van der Waals surface area contributed by atoms with Crippen molar-refractivity contribution in [3.63, 3.8) is 0 Å². The Kier molecular flexibility index (Phi) is 3.29. The Bertz CT molecular complexity index is 550. The second-order valence-corrected chi connectivity index (χ2v) is 3.96. The van der Waals surface area contributed by atoms with E-state index in [1.807, 2.05) is 6.07 Å². The molecule has 1 aliphatic rings. The van der Waals surface area contributed by atoms with Crippen LogP contribution in [-0.4, -0.2) is 38.6 Å². The first-order valence-electron chi connectivity index (χ1n) is 5.30. The SMILES string of the molecule is N#Cc1cn([C@@H]2C[C@@H](O)[C@H](CO)O2)c(=O)nc1N. The minimum atomic E-state index is -0.866. The lowest BCUT2D eigenvalue weighted by atomic mass is 10.2. The van der Waals surface area contributed by atoms with Crippen molar-refractivity contribution in [3.8, 4) is 6.07 Å². The summed E-state index contributed by atoms with van der Waals surface area (Å²) in [6.07, 6.45) is -0.992. The fourth-order valence-electron chi connectivity index (χ4n) is 1.82. The van der Waals surface area contributed by atoms with Gasteiger partial charge in [-0.1, -0.05) is 0 Å². The van der Waals surface area contributed by atoms with E-state index in [1.54, 1.807) is 0 Å². The molecule has 18 heavy (non-hydrogen) atoms. The normalized spacial score (nSPS) is 27.1. The molecular formula is C10H12N4O4. The standard InChI is InChI=1S/C10H12N4O4/c11-2-5-3-14(10(17)13-9(5)12)8-1-6(16)7(4-15)18-8/h3,6-8,15-16H,1,4H2,(H2,12,13,17)/t6-,7+,8+/m1/s1. The highest BCUT2D eigenvalue weighted by Gasteiger charge is 2.35. The number of aliphatic hydroxyl groups excluding tert-OH is 2. The highest BCUT2D eigenvalue weighted by molar-refractivity contribution is 5.45. The molecule has 1 aliphatic heterocycles. The van der Waals surface area contributed by atoms with E-state index < -0.39 is 24.1 Å². The highest BCUT2D eigenvalue weighted by Crippen LogP contribution is 2.27. The zero-order valence-electron chi connectivity index (χ0n) is 9.35. The van der Waals surface area contributed by atoms with Crippen molar-refractivity contribution in [1.29, 1.82) is 5.26 Å². The zero-order chi connectivity index (χ0) is 13.3. The molecule has 2 heterocycles. The third-order valence-electron chi connectivity index (χ3n) is 2.80. The largest absolute Gasteiger partial charge is 0.394 e. The van der Waals surface area contributed by atoms with Gasteiger partial charge in [0, 0.05) is 12.6 Å². The number of nitrogens with two attached hydrogens (primary N) is 1. The predicted molar refractivity (Wildman–Crippen MR) is 59.2 cm³/mol. The Morgan fingerprint density at radius 2 is 2.44 bits per heavy atom. The van der Waals surface area contributed by atoms with E-state index in [0.29, 0.717) is 0 Å². The molecule has 1 saturated heterocycles. The maximum absolute atomic E-state index is 11.6. The molecule has 0 saturated carbocycles. The Morgan fingerprint density at radius 3 is 3.00 bits per heavy atom. The first kappa shape index (κ1) is 12.5. The van der Waals surface area contributed by atoms with Crippen LogP contribution in [0.4, 0.5) is 5.82 Å². The van der Waals surface area contributed by atoms with Gasteiger partial charge >= 0.3 is 5.69 Å². The van der Waals surface area contributed by atoms with Crippen molar-refractivity contribution in [1.82, 2.24) is 9.55 Å². The van der Waals surface area contributed by atoms with Gasteiger partial charge in [-0.25, -0.2) is 4.79 Å². The van der Waals surface area contributed by atoms with Crippen LogP contribution in [-0.2, 0) is 4.74 Å². The second-order valence-electron chi connectivity index (χ2n) is 3.96. The van der Waals surface area contributed by atoms with Crippen LogP contribution in [0.5, 0.6) is 0 Å². The topological polar surface area (TPSA) is 134 Å². The third-order valence-corrected chi connectivity index (χ3v) is 2.80. The van der Waals surface area contributed by atoms with Crippen molar-refractivity contribution in [2.75, 3.05) is 12.3 Å². The minimum absolute atomic E-state index is 0.0557. The second kappa shape index (κ2) is 4.73. The number of rotatable bonds is 2. The lowest BCUT2D eigenvalue weighted by molar-refractivity contribution is -0.0458. The summed E-state index contributed by atoms with van der Waals surface area (Å²) < 4.78 is 6.39. The van der Waals surface area contributed by atoms with Gasteiger partial charge in [0.25, 0.3) is 0 Å². The van der Waals surface area contributed by atoms with Crippen LogP contribution in [0.3, 0.4) is 0 Å². The lowest BCUT2D eigenvalue weighted by Gasteiger charge is -2.14. The Labute approximate surface area is 102 Å². The van der Waals surface area contributed by atoms with Gasteiger partial charge in [0.1, 0.15) is 29.8 Å². The Morgan fingerprint density at radius 1 is 1.72 bits per heavy atom. The molecule has 0 radical (unpaired) electrons. The van der Waals surface area contributed by atoms with Gasteiger partial charge in [-0.15, -0.1) is 0 Å². The van der Waals surface area contributed by atoms with Gasteiger partial charge in [-0.2, -0.15) is 10.2 Å². The summed E-state index contributed by atoms with van der Waals surface area (Å²) in [6.45, 7) is -0.347. The van der Waals surface area contributed by atoms with Crippen LogP contribution < -0.4 is 11.4 Å². The van der Waals surface area contributed by atoms with Crippen LogP contribution in [0.1, 0.15) is 18.2 Å². The van der Waals surface area contributed by atoms with E-state index in [2.05, 4.69) is 4.98 Å². The van der Waals surface area contributed by atoms with E-state index >= 15 is 0 Å². The van der Waals surface area contributed by atoms with Crippen molar-refractivity contribution in [2.45, 2.75) is 24.9 Å². The molecule has 0 unspecified atom stereocenters. The number of anilines is 1. The fourth-order valence-corrected chi connectivity index (χ4v) is 1.82. The molecule has 0 aromatic carbocycles. The van der Waals surface area contributed by atoms with E-state index in [0.717, 1.165) is 4.57 Å². The van der Waals surface area contributed by atoms with Crippen molar-refractivity contribution < 1.29 is 14.9 Å². The molecular weight excluding hydrogens is 240 g/mol. The molecule has 1 fully saturated rings.